The topological polar surface area (TPSA) is 63.3 Å². The largest absolute Gasteiger partial charge is 0.481 e. The van der Waals surface area contributed by atoms with Crippen LogP contribution in [0.25, 0.3) is 11.3 Å². The zero-order valence-electron chi connectivity index (χ0n) is 8.59. The van der Waals surface area contributed by atoms with E-state index in [1.807, 2.05) is 24.3 Å². The lowest BCUT2D eigenvalue weighted by atomic mass is 10.2. The van der Waals surface area contributed by atoms with Crippen molar-refractivity contribution in [1.82, 2.24) is 4.98 Å². The highest BCUT2D eigenvalue weighted by Crippen LogP contribution is 2.26. The molecule has 0 bridgehead atoms. The molecule has 0 fully saturated rings. The van der Waals surface area contributed by atoms with Crippen molar-refractivity contribution in [2.45, 2.75) is 5.22 Å². The lowest BCUT2D eigenvalue weighted by molar-refractivity contribution is -0.133. The minimum Gasteiger partial charge on any atom is -0.481 e. The molecule has 1 heterocycles. The Morgan fingerprint density at radius 3 is 2.76 bits per heavy atom. The Morgan fingerprint density at radius 1 is 1.41 bits per heavy atom. The molecule has 0 aliphatic heterocycles. The van der Waals surface area contributed by atoms with Crippen molar-refractivity contribution in [1.29, 1.82) is 0 Å². The molecule has 1 aromatic carbocycles. The zero-order valence-corrected chi connectivity index (χ0v) is 11.0. The van der Waals surface area contributed by atoms with Crippen molar-refractivity contribution >= 4 is 33.7 Å². The second kappa shape index (κ2) is 5.37. The Labute approximate surface area is 110 Å². The smallest absolute Gasteiger partial charge is 0.314 e. The number of rotatable bonds is 4. The van der Waals surface area contributed by atoms with Gasteiger partial charge in [0.2, 0.25) is 0 Å². The van der Waals surface area contributed by atoms with Gasteiger partial charge in [0.1, 0.15) is 5.75 Å². The number of carbonyl (C=O) groups is 1. The number of carboxylic acid groups (broad SMARTS) is 1. The summed E-state index contributed by atoms with van der Waals surface area (Å²) < 4.78 is 6.42. The van der Waals surface area contributed by atoms with Crippen molar-refractivity contribution in [3.05, 3.63) is 34.9 Å². The number of hydrogen-bond donors (Lipinski definition) is 1. The number of carboxylic acids is 1. The minimum absolute atomic E-state index is 0.0553. The molecule has 0 aliphatic carbocycles. The molecule has 0 saturated carbocycles. The van der Waals surface area contributed by atoms with Gasteiger partial charge in [0.25, 0.3) is 5.22 Å². The predicted octanol–water partition coefficient (Wildman–Crippen LogP) is 3.28. The van der Waals surface area contributed by atoms with Gasteiger partial charge >= 0.3 is 5.97 Å². The molecular weight excluding hydrogens is 306 g/mol. The third-order valence-electron chi connectivity index (χ3n) is 1.93. The molecule has 0 saturated heterocycles. The maximum absolute atomic E-state index is 10.4. The van der Waals surface area contributed by atoms with Crippen molar-refractivity contribution in [2.75, 3.05) is 5.75 Å². The van der Waals surface area contributed by atoms with Crippen molar-refractivity contribution in [2.24, 2.45) is 0 Å². The fourth-order valence-corrected chi connectivity index (χ4v) is 1.98. The normalized spacial score (nSPS) is 10.4. The van der Waals surface area contributed by atoms with Crippen LogP contribution in [0.2, 0.25) is 0 Å². The van der Waals surface area contributed by atoms with Gasteiger partial charge in [-0.15, -0.1) is 0 Å². The van der Waals surface area contributed by atoms with Gasteiger partial charge in [-0.05, 0) is 12.1 Å². The summed E-state index contributed by atoms with van der Waals surface area (Å²) in [5.41, 5.74) is 0.905. The van der Waals surface area contributed by atoms with Gasteiger partial charge in [-0.25, -0.2) is 4.98 Å². The van der Waals surface area contributed by atoms with Gasteiger partial charge in [-0.3, -0.25) is 4.79 Å². The molecule has 1 aromatic heterocycles. The molecule has 0 aliphatic rings. The Bertz CT molecular complexity index is 524. The van der Waals surface area contributed by atoms with Crippen molar-refractivity contribution < 1.29 is 14.3 Å². The van der Waals surface area contributed by atoms with E-state index in [9.17, 15) is 4.79 Å². The van der Waals surface area contributed by atoms with Crippen molar-refractivity contribution in [3.8, 4) is 11.3 Å². The van der Waals surface area contributed by atoms with E-state index in [0.717, 1.165) is 21.8 Å². The Hall–Kier alpha value is -1.27. The Balaban J connectivity index is 2.12. The van der Waals surface area contributed by atoms with Gasteiger partial charge < -0.3 is 9.52 Å². The highest BCUT2D eigenvalue weighted by Gasteiger charge is 2.08. The maximum atomic E-state index is 10.4. The highest BCUT2D eigenvalue weighted by molar-refractivity contribution is 9.10. The van der Waals surface area contributed by atoms with Crippen LogP contribution in [0.15, 0.2) is 44.6 Å². The van der Waals surface area contributed by atoms with Crippen LogP contribution in [0.3, 0.4) is 0 Å². The fraction of sp³-hybridized carbons (Fsp3) is 0.0909. The zero-order chi connectivity index (χ0) is 12.3. The average Bonchev–Trinajstić information content (AvgIpc) is 2.76. The lowest BCUT2D eigenvalue weighted by Gasteiger charge is -1.95. The summed E-state index contributed by atoms with van der Waals surface area (Å²) in [6, 6.07) is 7.61. The number of aliphatic carboxylic acids is 1. The number of thioether (sulfide) groups is 1. The van der Waals surface area contributed by atoms with Gasteiger partial charge in [0.05, 0.1) is 6.20 Å². The van der Waals surface area contributed by atoms with Crippen LogP contribution in [0.5, 0.6) is 0 Å². The molecule has 0 spiro atoms. The van der Waals surface area contributed by atoms with E-state index in [0.29, 0.717) is 11.0 Å². The molecule has 6 heteroatoms. The maximum Gasteiger partial charge on any atom is 0.314 e. The minimum atomic E-state index is -0.890. The van der Waals surface area contributed by atoms with Gasteiger partial charge in [0, 0.05) is 10.0 Å². The van der Waals surface area contributed by atoms with Crippen LogP contribution < -0.4 is 0 Å². The first-order valence-corrected chi connectivity index (χ1v) is 6.49. The summed E-state index contributed by atoms with van der Waals surface area (Å²) in [4.78, 5) is 14.4. The van der Waals surface area contributed by atoms with Crippen LogP contribution >= 0.6 is 27.7 Å². The molecule has 88 valence electrons. The number of halogens is 1. The number of hydrogen-bond acceptors (Lipinski definition) is 4. The molecule has 1 N–H and O–H groups in total. The van der Waals surface area contributed by atoms with Crippen LogP contribution in [0.1, 0.15) is 0 Å². The predicted molar refractivity (Wildman–Crippen MR) is 68.0 cm³/mol. The van der Waals surface area contributed by atoms with E-state index < -0.39 is 5.97 Å². The molecule has 0 amide bonds. The molecule has 4 nitrogen and oxygen atoms in total. The third kappa shape index (κ3) is 3.34. The second-order valence-electron chi connectivity index (χ2n) is 3.18. The van der Waals surface area contributed by atoms with Crippen LogP contribution in [0, 0.1) is 0 Å². The third-order valence-corrected chi connectivity index (χ3v) is 3.29. The number of aromatic nitrogens is 1. The van der Waals surface area contributed by atoms with Crippen molar-refractivity contribution in [3.63, 3.8) is 0 Å². The molecule has 0 unspecified atom stereocenters. The first kappa shape index (κ1) is 12.2. The van der Waals surface area contributed by atoms with Crippen LogP contribution in [0.4, 0.5) is 0 Å². The van der Waals surface area contributed by atoms with E-state index in [1.165, 1.54) is 0 Å². The SMILES string of the molecule is O=C(O)CSc1ncc(-c2ccc(Br)cc2)o1. The summed E-state index contributed by atoms with van der Waals surface area (Å²) in [5, 5.41) is 8.90. The van der Waals surface area contributed by atoms with Crippen LogP contribution in [-0.4, -0.2) is 21.8 Å². The fourth-order valence-electron chi connectivity index (χ4n) is 1.20. The summed E-state index contributed by atoms with van der Waals surface area (Å²) in [5.74, 6) is -0.316. The van der Waals surface area contributed by atoms with E-state index in [1.54, 1.807) is 6.20 Å². The summed E-state index contributed by atoms with van der Waals surface area (Å²) >= 11 is 4.41. The second-order valence-corrected chi connectivity index (χ2v) is 5.02. The summed E-state index contributed by atoms with van der Waals surface area (Å²) in [6.45, 7) is 0. The molecule has 2 rings (SSSR count). The molecule has 0 atom stereocenters. The monoisotopic (exact) mass is 313 g/mol. The standard InChI is InChI=1S/C11H8BrNO3S/c12-8-3-1-7(2-4-8)9-5-13-11(16-9)17-6-10(14)15/h1-5H,6H2,(H,14,15). The first-order chi connectivity index (χ1) is 8.15. The van der Waals surface area contributed by atoms with Gasteiger partial charge in [-0.2, -0.15) is 0 Å². The lowest BCUT2D eigenvalue weighted by Crippen LogP contribution is -1.97. The average molecular weight is 314 g/mol. The van der Waals surface area contributed by atoms with Crippen LogP contribution in [-0.2, 0) is 4.79 Å². The Morgan fingerprint density at radius 2 is 2.12 bits per heavy atom. The molecular formula is C11H8BrNO3S. The van der Waals surface area contributed by atoms with Gasteiger partial charge in [0.15, 0.2) is 5.76 Å². The number of benzene rings is 1. The van der Waals surface area contributed by atoms with E-state index in [4.69, 9.17) is 9.52 Å². The molecule has 2 aromatic rings. The number of oxazole rings is 1. The quantitative estimate of drug-likeness (QED) is 0.878. The highest BCUT2D eigenvalue weighted by atomic mass is 79.9. The Kier molecular flexibility index (Phi) is 3.86. The van der Waals surface area contributed by atoms with E-state index in [2.05, 4.69) is 20.9 Å². The molecule has 17 heavy (non-hydrogen) atoms. The number of nitrogens with zero attached hydrogens (tertiary/aromatic N) is 1. The molecule has 0 radical (unpaired) electrons. The van der Waals surface area contributed by atoms with E-state index >= 15 is 0 Å². The van der Waals surface area contributed by atoms with E-state index in [-0.39, 0.29) is 5.75 Å². The summed E-state index contributed by atoms with van der Waals surface area (Å²) in [6.07, 6.45) is 1.59. The first-order valence-electron chi connectivity index (χ1n) is 4.71. The van der Waals surface area contributed by atoms with Gasteiger partial charge in [-0.1, -0.05) is 39.8 Å². The summed E-state index contributed by atoms with van der Waals surface area (Å²) in [7, 11) is 0.